The standard InChI is InChI=1S/C25H34O7/c1-15-12-17-18(23(2)8-4-16(26)13-20(15)23)5-9-24(3)19(17)6-10-25(24,30)21(27)14-32-31-11-7-22(28)29/h4,8,13,15,17-19,30H,5-7,9-12,14H2,1-3H3,(H,28,29)/t15-,17?,18?,19?,23+,24-,25-/m0/s1. The van der Waals surface area contributed by atoms with Crippen molar-refractivity contribution in [3.05, 3.63) is 23.8 Å². The van der Waals surface area contributed by atoms with Crippen molar-refractivity contribution >= 4 is 17.5 Å². The Labute approximate surface area is 188 Å². The van der Waals surface area contributed by atoms with Crippen molar-refractivity contribution in [2.45, 2.75) is 64.9 Å². The maximum Gasteiger partial charge on any atom is 0.305 e. The number of carboxylic acid groups (broad SMARTS) is 1. The molecule has 3 unspecified atom stereocenters. The van der Waals surface area contributed by atoms with E-state index in [4.69, 9.17) is 14.9 Å². The van der Waals surface area contributed by atoms with Gasteiger partial charge in [-0.25, -0.2) is 9.78 Å². The summed E-state index contributed by atoms with van der Waals surface area (Å²) in [5, 5.41) is 20.2. The summed E-state index contributed by atoms with van der Waals surface area (Å²) >= 11 is 0. The predicted octanol–water partition coefficient (Wildman–Crippen LogP) is 3.26. The minimum atomic E-state index is -1.47. The molecular formula is C25H34O7. The van der Waals surface area contributed by atoms with Crippen LogP contribution >= 0.6 is 0 Å². The maximum atomic E-state index is 13.0. The molecule has 32 heavy (non-hydrogen) atoms. The van der Waals surface area contributed by atoms with E-state index < -0.39 is 29.4 Å². The molecule has 0 amide bonds. The summed E-state index contributed by atoms with van der Waals surface area (Å²) in [6, 6.07) is 0. The van der Waals surface area contributed by atoms with Gasteiger partial charge in [0, 0.05) is 10.8 Å². The molecule has 3 fully saturated rings. The van der Waals surface area contributed by atoms with Crippen LogP contribution in [0.1, 0.15) is 59.3 Å². The Hall–Kier alpha value is -1.83. The number of carboxylic acids is 1. The highest BCUT2D eigenvalue weighted by atomic mass is 17.2. The number of Topliss-reactive ketones (excluding diaryl/α,β-unsaturated/α-hetero) is 1. The Balaban J connectivity index is 1.50. The van der Waals surface area contributed by atoms with Crippen LogP contribution in [0.25, 0.3) is 0 Å². The Kier molecular flexibility index (Phi) is 5.97. The third kappa shape index (κ3) is 3.49. The quantitative estimate of drug-likeness (QED) is 0.351. The van der Waals surface area contributed by atoms with E-state index in [1.54, 1.807) is 6.08 Å². The number of ketones is 2. The van der Waals surface area contributed by atoms with Crippen molar-refractivity contribution in [3.8, 4) is 0 Å². The summed E-state index contributed by atoms with van der Waals surface area (Å²) in [7, 11) is 0. The average molecular weight is 447 g/mol. The molecule has 176 valence electrons. The first-order valence-electron chi connectivity index (χ1n) is 11.7. The smallest absolute Gasteiger partial charge is 0.305 e. The molecule has 2 N–H and O–H groups in total. The fourth-order valence-electron chi connectivity index (χ4n) is 7.49. The second-order valence-corrected chi connectivity index (χ2v) is 10.6. The zero-order valence-corrected chi connectivity index (χ0v) is 19.1. The number of allylic oxidation sites excluding steroid dienone is 4. The van der Waals surface area contributed by atoms with Crippen molar-refractivity contribution in [1.29, 1.82) is 0 Å². The van der Waals surface area contributed by atoms with E-state index in [1.807, 2.05) is 13.0 Å². The SMILES string of the molecule is C[C@H]1CC2C(CC[C@@]3(C)C2CC[C@]3(O)C(=O)COOCCC(=O)O)[C@@]2(C)C=CC(=O)C=C12. The molecule has 0 radical (unpaired) electrons. The van der Waals surface area contributed by atoms with Crippen LogP contribution in [0.2, 0.25) is 0 Å². The number of hydrogen-bond acceptors (Lipinski definition) is 6. The second kappa shape index (κ2) is 8.19. The normalized spacial score (nSPS) is 42.6. The van der Waals surface area contributed by atoms with Crippen molar-refractivity contribution < 1.29 is 34.4 Å². The monoisotopic (exact) mass is 446 g/mol. The molecule has 4 aliphatic rings. The molecule has 4 rings (SSSR count). The summed E-state index contributed by atoms with van der Waals surface area (Å²) in [4.78, 5) is 45.4. The van der Waals surface area contributed by atoms with Crippen LogP contribution in [-0.4, -0.2) is 46.6 Å². The Morgan fingerprint density at radius 1 is 1.16 bits per heavy atom. The van der Waals surface area contributed by atoms with Crippen molar-refractivity contribution in [2.75, 3.05) is 13.2 Å². The number of rotatable bonds is 7. The van der Waals surface area contributed by atoms with Gasteiger partial charge in [0.1, 0.15) is 12.2 Å². The molecule has 0 aliphatic heterocycles. The molecule has 0 aromatic heterocycles. The molecule has 0 bridgehead atoms. The topological polar surface area (TPSA) is 110 Å². The van der Waals surface area contributed by atoms with Gasteiger partial charge in [-0.15, -0.1) is 0 Å². The minimum absolute atomic E-state index is 0.0647. The molecule has 0 spiro atoms. The van der Waals surface area contributed by atoms with Gasteiger partial charge in [0.25, 0.3) is 0 Å². The van der Waals surface area contributed by atoms with Crippen molar-refractivity contribution in [3.63, 3.8) is 0 Å². The van der Waals surface area contributed by atoms with E-state index in [0.717, 1.165) is 25.7 Å². The zero-order chi connectivity index (χ0) is 23.3. The molecule has 7 nitrogen and oxygen atoms in total. The van der Waals surface area contributed by atoms with E-state index in [1.165, 1.54) is 5.57 Å². The van der Waals surface area contributed by atoms with Gasteiger partial charge in [0.05, 0.1) is 13.0 Å². The van der Waals surface area contributed by atoms with Crippen LogP contribution in [0.5, 0.6) is 0 Å². The lowest BCUT2D eigenvalue weighted by molar-refractivity contribution is -0.292. The van der Waals surface area contributed by atoms with Crippen LogP contribution in [-0.2, 0) is 24.2 Å². The fraction of sp³-hybridized carbons (Fsp3) is 0.720. The average Bonchev–Trinajstić information content (AvgIpc) is 3.01. The Morgan fingerprint density at radius 2 is 1.88 bits per heavy atom. The van der Waals surface area contributed by atoms with E-state index in [0.29, 0.717) is 18.3 Å². The van der Waals surface area contributed by atoms with Gasteiger partial charge in [0.15, 0.2) is 11.6 Å². The van der Waals surface area contributed by atoms with Crippen LogP contribution in [0, 0.1) is 34.5 Å². The number of fused-ring (bicyclic) bond motifs is 5. The first kappa shape index (κ1) is 23.3. The minimum Gasteiger partial charge on any atom is -0.481 e. The summed E-state index contributed by atoms with van der Waals surface area (Å²) in [5.74, 6) is -0.0708. The van der Waals surface area contributed by atoms with Gasteiger partial charge < -0.3 is 10.2 Å². The Bertz CT molecular complexity index is 876. The van der Waals surface area contributed by atoms with E-state index in [2.05, 4.69) is 19.9 Å². The maximum absolute atomic E-state index is 13.0. The van der Waals surface area contributed by atoms with Crippen LogP contribution < -0.4 is 0 Å². The lowest BCUT2D eigenvalue weighted by Crippen LogP contribution is -2.58. The second-order valence-electron chi connectivity index (χ2n) is 10.6. The van der Waals surface area contributed by atoms with E-state index in [9.17, 15) is 19.5 Å². The molecule has 0 aromatic rings. The summed E-state index contributed by atoms with van der Waals surface area (Å²) in [6.07, 6.45) is 9.17. The molecule has 0 aromatic carbocycles. The van der Waals surface area contributed by atoms with Crippen LogP contribution in [0.15, 0.2) is 23.8 Å². The van der Waals surface area contributed by atoms with Gasteiger partial charge in [-0.2, -0.15) is 0 Å². The van der Waals surface area contributed by atoms with Gasteiger partial charge in [-0.1, -0.05) is 32.4 Å². The first-order chi connectivity index (χ1) is 15.0. The number of aliphatic carboxylic acids is 1. The van der Waals surface area contributed by atoms with Gasteiger partial charge >= 0.3 is 5.97 Å². The number of hydrogen-bond donors (Lipinski definition) is 2. The lowest BCUT2D eigenvalue weighted by Gasteiger charge is -2.59. The van der Waals surface area contributed by atoms with Crippen LogP contribution in [0.4, 0.5) is 0 Å². The molecular weight excluding hydrogens is 412 g/mol. The van der Waals surface area contributed by atoms with E-state index >= 15 is 0 Å². The van der Waals surface area contributed by atoms with Crippen LogP contribution in [0.3, 0.4) is 0 Å². The van der Waals surface area contributed by atoms with Gasteiger partial charge in [0.2, 0.25) is 0 Å². The lowest BCUT2D eigenvalue weighted by atomic mass is 9.45. The van der Waals surface area contributed by atoms with Gasteiger partial charge in [-0.05, 0) is 67.9 Å². The highest BCUT2D eigenvalue weighted by Gasteiger charge is 2.66. The Morgan fingerprint density at radius 3 is 2.59 bits per heavy atom. The molecule has 7 atom stereocenters. The third-order valence-electron chi connectivity index (χ3n) is 9.16. The first-order valence-corrected chi connectivity index (χ1v) is 11.7. The summed E-state index contributed by atoms with van der Waals surface area (Å²) in [6.45, 7) is 5.94. The molecule has 0 heterocycles. The number of carbonyl (C=O) groups is 3. The highest BCUT2D eigenvalue weighted by molar-refractivity contribution is 6.01. The number of aliphatic hydroxyl groups is 1. The van der Waals surface area contributed by atoms with Gasteiger partial charge in [-0.3, -0.25) is 14.4 Å². The molecule has 0 saturated heterocycles. The van der Waals surface area contributed by atoms with Crippen molar-refractivity contribution in [1.82, 2.24) is 0 Å². The fourth-order valence-corrected chi connectivity index (χ4v) is 7.49. The van der Waals surface area contributed by atoms with E-state index in [-0.39, 0.29) is 36.1 Å². The third-order valence-corrected chi connectivity index (χ3v) is 9.16. The largest absolute Gasteiger partial charge is 0.481 e. The summed E-state index contributed by atoms with van der Waals surface area (Å²) < 4.78 is 0. The summed E-state index contributed by atoms with van der Waals surface area (Å²) in [5.41, 5.74) is -0.937. The number of carbonyl (C=O) groups excluding carboxylic acids is 2. The zero-order valence-electron chi connectivity index (χ0n) is 19.1. The predicted molar refractivity (Wildman–Crippen MR) is 115 cm³/mol. The molecule has 7 heteroatoms. The molecule has 3 saturated carbocycles. The molecule has 4 aliphatic carbocycles. The highest BCUT2D eigenvalue weighted by Crippen LogP contribution is 2.67. The van der Waals surface area contributed by atoms with Crippen molar-refractivity contribution in [2.24, 2.45) is 34.5 Å².